The molecule has 0 spiro atoms. The minimum absolute atomic E-state index is 0.0724. The standard InChI is InChI=1S/C13H20N6O2/c1-18(4-5-20)6-9-2-3-10(21-9)19-8-17-11-12(14)15-7-16-13(11)19/h7-10,20H,2-6H2,1H3,(H2,14,15,16)/t9-,10+/m0/s1. The fraction of sp³-hybridized carbons (Fsp3) is 0.615. The van der Waals surface area contributed by atoms with E-state index in [1.807, 2.05) is 11.6 Å². The summed E-state index contributed by atoms with van der Waals surface area (Å²) in [5.74, 6) is 0.385. The molecule has 2 aromatic heterocycles. The van der Waals surface area contributed by atoms with E-state index in [1.54, 1.807) is 6.33 Å². The Bertz CT molecular complexity index is 616. The van der Waals surface area contributed by atoms with Crippen molar-refractivity contribution in [3.8, 4) is 0 Å². The van der Waals surface area contributed by atoms with E-state index < -0.39 is 0 Å². The summed E-state index contributed by atoms with van der Waals surface area (Å²) in [5, 5.41) is 8.94. The Kier molecular flexibility index (Phi) is 4.00. The van der Waals surface area contributed by atoms with Gasteiger partial charge in [-0.1, -0.05) is 0 Å². The second kappa shape index (κ2) is 5.92. The molecular weight excluding hydrogens is 272 g/mol. The number of hydrogen-bond acceptors (Lipinski definition) is 7. The number of hydrogen-bond donors (Lipinski definition) is 2. The zero-order chi connectivity index (χ0) is 14.8. The molecule has 1 saturated heterocycles. The Hall–Kier alpha value is -1.77. The first kappa shape index (κ1) is 14.2. The van der Waals surface area contributed by atoms with Crippen LogP contribution < -0.4 is 5.73 Å². The van der Waals surface area contributed by atoms with E-state index in [2.05, 4.69) is 19.9 Å². The zero-order valence-electron chi connectivity index (χ0n) is 12.0. The molecule has 1 fully saturated rings. The van der Waals surface area contributed by atoms with Crippen LogP contribution in [0.5, 0.6) is 0 Å². The molecule has 21 heavy (non-hydrogen) atoms. The first-order valence-corrected chi connectivity index (χ1v) is 7.07. The van der Waals surface area contributed by atoms with Crippen molar-refractivity contribution in [2.75, 3.05) is 32.5 Å². The fourth-order valence-electron chi connectivity index (χ4n) is 2.72. The van der Waals surface area contributed by atoms with E-state index in [-0.39, 0.29) is 18.9 Å². The van der Waals surface area contributed by atoms with Crippen molar-refractivity contribution in [1.82, 2.24) is 24.4 Å². The van der Waals surface area contributed by atoms with Gasteiger partial charge in [0.15, 0.2) is 11.5 Å². The lowest BCUT2D eigenvalue weighted by atomic mass is 10.2. The van der Waals surface area contributed by atoms with Crippen LogP contribution in [0.2, 0.25) is 0 Å². The van der Waals surface area contributed by atoms with Gasteiger partial charge in [-0.2, -0.15) is 0 Å². The molecule has 0 bridgehead atoms. The van der Waals surface area contributed by atoms with Crippen molar-refractivity contribution in [2.45, 2.75) is 25.2 Å². The summed E-state index contributed by atoms with van der Waals surface area (Å²) in [6, 6.07) is 0. The molecule has 0 aromatic carbocycles. The maximum atomic E-state index is 8.94. The van der Waals surface area contributed by atoms with E-state index >= 15 is 0 Å². The molecule has 0 unspecified atom stereocenters. The SMILES string of the molecule is CN(CCO)C[C@@H]1CC[C@H](n2cnc3c(N)ncnc32)O1. The molecule has 3 N–H and O–H groups in total. The fourth-order valence-corrected chi connectivity index (χ4v) is 2.72. The summed E-state index contributed by atoms with van der Waals surface area (Å²) in [6.07, 6.45) is 5.12. The zero-order valence-corrected chi connectivity index (χ0v) is 12.0. The Labute approximate surface area is 122 Å². The van der Waals surface area contributed by atoms with Crippen molar-refractivity contribution in [1.29, 1.82) is 0 Å². The lowest BCUT2D eigenvalue weighted by Crippen LogP contribution is -2.31. The highest BCUT2D eigenvalue weighted by Crippen LogP contribution is 2.31. The van der Waals surface area contributed by atoms with Crippen LogP contribution in [0, 0.1) is 0 Å². The molecule has 3 heterocycles. The number of aliphatic hydroxyl groups is 1. The first-order chi connectivity index (χ1) is 10.2. The summed E-state index contributed by atoms with van der Waals surface area (Å²) >= 11 is 0. The van der Waals surface area contributed by atoms with Crippen LogP contribution in [0.3, 0.4) is 0 Å². The van der Waals surface area contributed by atoms with E-state index in [0.29, 0.717) is 23.5 Å². The van der Waals surface area contributed by atoms with Gasteiger partial charge in [-0.3, -0.25) is 4.57 Å². The number of imidazole rings is 1. The number of rotatable bonds is 5. The van der Waals surface area contributed by atoms with Crippen LogP contribution in [0.25, 0.3) is 11.2 Å². The van der Waals surface area contributed by atoms with Gasteiger partial charge in [-0.05, 0) is 19.9 Å². The monoisotopic (exact) mass is 292 g/mol. The van der Waals surface area contributed by atoms with Gasteiger partial charge in [-0.15, -0.1) is 0 Å². The van der Waals surface area contributed by atoms with Crippen molar-refractivity contribution >= 4 is 17.0 Å². The first-order valence-electron chi connectivity index (χ1n) is 7.07. The number of nitrogens with two attached hydrogens (primary N) is 1. The van der Waals surface area contributed by atoms with Crippen LogP contribution >= 0.6 is 0 Å². The van der Waals surface area contributed by atoms with Gasteiger partial charge in [0.05, 0.1) is 19.0 Å². The van der Waals surface area contributed by atoms with Gasteiger partial charge in [0.1, 0.15) is 18.1 Å². The molecular formula is C13H20N6O2. The van der Waals surface area contributed by atoms with Crippen molar-refractivity contribution < 1.29 is 9.84 Å². The number of fused-ring (bicyclic) bond motifs is 1. The largest absolute Gasteiger partial charge is 0.395 e. The van der Waals surface area contributed by atoms with E-state index in [4.69, 9.17) is 15.6 Å². The average molecular weight is 292 g/mol. The van der Waals surface area contributed by atoms with Gasteiger partial charge in [0.25, 0.3) is 0 Å². The molecule has 1 aliphatic heterocycles. The molecule has 8 nitrogen and oxygen atoms in total. The van der Waals surface area contributed by atoms with Crippen LogP contribution in [0.15, 0.2) is 12.7 Å². The number of nitrogen functional groups attached to an aromatic ring is 1. The smallest absolute Gasteiger partial charge is 0.167 e. The maximum absolute atomic E-state index is 8.94. The third kappa shape index (κ3) is 2.82. The predicted octanol–water partition coefficient (Wildman–Crippen LogP) is 0.0102. The van der Waals surface area contributed by atoms with Crippen molar-refractivity contribution in [3.63, 3.8) is 0 Å². The Morgan fingerprint density at radius 2 is 2.29 bits per heavy atom. The number of anilines is 1. The quantitative estimate of drug-likeness (QED) is 0.800. The Morgan fingerprint density at radius 3 is 3.10 bits per heavy atom. The summed E-state index contributed by atoms with van der Waals surface area (Å²) in [6.45, 7) is 1.62. The molecule has 1 aliphatic rings. The predicted molar refractivity (Wildman–Crippen MR) is 77.5 cm³/mol. The van der Waals surface area contributed by atoms with Gasteiger partial charge < -0.3 is 20.5 Å². The topological polar surface area (TPSA) is 102 Å². The van der Waals surface area contributed by atoms with Crippen LogP contribution in [-0.4, -0.2) is 62.4 Å². The van der Waals surface area contributed by atoms with Gasteiger partial charge in [0.2, 0.25) is 0 Å². The molecule has 114 valence electrons. The third-order valence-electron chi connectivity index (χ3n) is 3.78. The average Bonchev–Trinajstić information content (AvgIpc) is 3.06. The Morgan fingerprint density at radius 1 is 1.43 bits per heavy atom. The molecule has 2 atom stereocenters. The lowest BCUT2D eigenvalue weighted by Gasteiger charge is -2.20. The number of ether oxygens (including phenoxy) is 1. The molecule has 0 saturated carbocycles. The van der Waals surface area contributed by atoms with Crippen molar-refractivity contribution in [3.05, 3.63) is 12.7 Å². The number of aromatic nitrogens is 4. The van der Waals surface area contributed by atoms with Crippen LogP contribution in [-0.2, 0) is 4.74 Å². The minimum Gasteiger partial charge on any atom is -0.395 e. The van der Waals surface area contributed by atoms with E-state index in [0.717, 1.165) is 19.4 Å². The van der Waals surface area contributed by atoms with Gasteiger partial charge in [-0.25, -0.2) is 15.0 Å². The Balaban J connectivity index is 1.72. The van der Waals surface area contributed by atoms with Crippen LogP contribution in [0.1, 0.15) is 19.1 Å². The van der Waals surface area contributed by atoms with Crippen LogP contribution in [0.4, 0.5) is 5.82 Å². The van der Waals surface area contributed by atoms with Crippen molar-refractivity contribution in [2.24, 2.45) is 0 Å². The molecule has 8 heteroatoms. The summed E-state index contributed by atoms with van der Waals surface area (Å²) in [5.41, 5.74) is 7.11. The highest BCUT2D eigenvalue weighted by atomic mass is 16.5. The highest BCUT2D eigenvalue weighted by molar-refractivity contribution is 5.81. The molecule has 0 amide bonds. The second-order valence-corrected chi connectivity index (χ2v) is 5.36. The number of aliphatic hydroxyl groups excluding tert-OH is 1. The summed E-state index contributed by atoms with van der Waals surface area (Å²) in [7, 11) is 1.98. The number of likely N-dealkylation sites (N-methyl/N-ethyl adjacent to an activating group) is 1. The highest BCUT2D eigenvalue weighted by Gasteiger charge is 2.28. The van der Waals surface area contributed by atoms with E-state index in [1.165, 1.54) is 6.33 Å². The van der Waals surface area contributed by atoms with E-state index in [9.17, 15) is 0 Å². The second-order valence-electron chi connectivity index (χ2n) is 5.36. The molecule has 0 aliphatic carbocycles. The normalized spacial score (nSPS) is 22.4. The van der Waals surface area contributed by atoms with Gasteiger partial charge >= 0.3 is 0 Å². The maximum Gasteiger partial charge on any atom is 0.167 e. The van der Waals surface area contributed by atoms with Gasteiger partial charge in [0, 0.05) is 13.1 Å². The summed E-state index contributed by atoms with van der Waals surface area (Å²) < 4.78 is 7.99. The summed E-state index contributed by atoms with van der Waals surface area (Å²) in [4.78, 5) is 14.5. The molecule has 0 radical (unpaired) electrons. The third-order valence-corrected chi connectivity index (χ3v) is 3.78. The lowest BCUT2D eigenvalue weighted by molar-refractivity contribution is -0.00973. The molecule has 2 aromatic rings. The number of nitrogens with zero attached hydrogens (tertiary/aromatic N) is 5. The minimum atomic E-state index is -0.0724. The molecule has 3 rings (SSSR count).